The highest BCUT2D eigenvalue weighted by atomic mass is 16.2. The van der Waals surface area contributed by atoms with E-state index in [0.29, 0.717) is 47.4 Å². The first-order chi connectivity index (χ1) is 18.4. The van der Waals surface area contributed by atoms with Crippen molar-refractivity contribution in [2.75, 3.05) is 5.73 Å². The van der Waals surface area contributed by atoms with Crippen molar-refractivity contribution in [3.05, 3.63) is 53.6 Å². The van der Waals surface area contributed by atoms with Crippen molar-refractivity contribution in [2.24, 2.45) is 0 Å². The first kappa shape index (κ1) is 23.9. The number of nitrogen functional groups attached to an aromatic ring is 1. The minimum absolute atomic E-state index is 0.00707. The third-order valence-corrected chi connectivity index (χ3v) is 7.72. The van der Waals surface area contributed by atoms with Crippen molar-refractivity contribution < 1.29 is 14.4 Å². The number of hydrogen-bond acceptors (Lipinski definition) is 9. The third kappa shape index (κ3) is 3.75. The largest absolute Gasteiger partial charge is 0.383 e. The number of nitrogens with zero attached hydrogens (tertiary/aromatic N) is 7. The van der Waals surface area contributed by atoms with Gasteiger partial charge in [0, 0.05) is 41.7 Å². The summed E-state index contributed by atoms with van der Waals surface area (Å²) in [6.07, 6.45) is 8.13. The van der Waals surface area contributed by atoms with Crippen LogP contribution >= 0.6 is 0 Å². The van der Waals surface area contributed by atoms with Gasteiger partial charge in [0.15, 0.2) is 17.2 Å². The molecule has 4 aromatic rings. The highest BCUT2D eigenvalue weighted by molar-refractivity contribution is 6.00. The second-order valence-electron chi connectivity index (χ2n) is 9.92. The van der Waals surface area contributed by atoms with E-state index in [0.717, 1.165) is 18.4 Å². The van der Waals surface area contributed by atoms with Crippen molar-refractivity contribution >= 4 is 28.9 Å². The zero-order chi connectivity index (χ0) is 26.6. The van der Waals surface area contributed by atoms with Crippen LogP contribution in [0.15, 0.2) is 30.9 Å². The maximum atomic E-state index is 13.1. The molecule has 1 amide bonds. The molecule has 12 nitrogen and oxygen atoms in total. The molecule has 0 saturated carbocycles. The van der Waals surface area contributed by atoms with Gasteiger partial charge in [-0.1, -0.05) is 13.0 Å². The van der Waals surface area contributed by atoms with Gasteiger partial charge in [0.2, 0.25) is 5.82 Å². The minimum Gasteiger partial charge on any atom is -0.383 e. The van der Waals surface area contributed by atoms with Crippen molar-refractivity contribution in [3.8, 4) is 11.1 Å². The molecule has 2 bridgehead atoms. The Morgan fingerprint density at radius 1 is 1.13 bits per heavy atom. The van der Waals surface area contributed by atoms with Gasteiger partial charge in [-0.25, -0.2) is 4.98 Å². The molecule has 38 heavy (non-hydrogen) atoms. The second-order valence-corrected chi connectivity index (χ2v) is 9.92. The number of hydrogen-bond donors (Lipinski definition) is 2. The Morgan fingerprint density at radius 2 is 1.89 bits per heavy atom. The lowest BCUT2D eigenvalue weighted by Crippen LogP contribution is -2.46. The maximum Gasteiger partial charge on any atom is 0.292 e. The molecule has 194 valence electrons. The number of pyridine rings is 1. The molecule has 3 N–H and O–H groups in total. The van der Waals surface area contributed by atoms with E-state index >= 15 is 0 Å². The lowest BCUT2D eigenvalue weighted by Gasteiger charge is -2.38. The SMILES string of the molecule is CCC(=O)c1ccc(-c2cnn3c(N)c(C(C)=O)c([C@H]4C[C@H]5CC[C@@H](C4)N5C(=O)c4nnc[nH]4)nc23)cn1. The second kappa shape index (κ2) is 9.12. The number of nitrogens with one attached hydrogen (secondary N) is 1. The zero-order valence-electron chi connectivity index (χ0n) is 21.1. The molecule has 0 aliphatic carbocycles. The molecule has 0 aromatic carbocycles. The quantitative estimate of drug-likeness (QED) is 0.369. The normalized spacial score (nSPS) is 20.7. The third-order valence-electron chi connectivity index (χ3n) is 7.72. The van der Waals surface area contributed by atoms with E-state index in [1.165, 1.54) is 17.8 Å². The predicted octanol–water partition coefficient (Wildman–Crippen LogP) is 2.84. The van der Waals surface area contributed by atoms with E-state index in [4.69, 9.17) is 10.7 Å². The van der Waals surface area contributed by atoms with Gasteiger partial charge >= 0.3 is 0 Å². The van der Waals surface area contributed by atoms with Gasteiger partial charge < -0.3 is 15.6 Å². The number of ketones is 2. The van der Waals surface area contributed by atoms with Crippen molar-refractivity contribution in [2.45, 2.75) is 64.0 Å². The van der Waals surface area contributed by atoms with Crippen LogP contribution in [0, 0.1) is 0 Å². The summed E-state index contributed by atoms with van der Waals surface area (Å²) in [5.74, 6) is 0.0527. The Balaban J connectivity index is 1.39. The van der Waals surface area contributed by atoms with Gasteiger partial charge in [-0.05, 0) is 38.7 Å². The molecule has 2 aliphatic heterocycles. The van der Waals surface area contributed by atoms with Crippen molar-refractivity contribution in [3.63, 3.8) is 0 Å². The molecule has 2 fully saturated rings. The number of aromatic nitrogens is 7. The van der Waals surface area contributed by atoms with Crippen LogP contribution in [0.25, 0.3) is 16.8 Å². The Labute approximate surface area is 217 Å². The Morgan fingerprint density at radius 3 is 2.50 bits per heavy atom. The van der Waals surface area contributed by atoms with Crippen LogP contribution in [0.4, 0.5) is 5.82 Å². The lowest BCUT2D eigenvalue weighted by atomic mass is 9.85. The van der Waals surface area contributed by atoms with E-state index in [1.807, 2.05) is 11.0 Å². The zero-order valence-corrected chi connectivity index (χ0v) is 21.1. The smallest absolute Gasteiger partial charge is 0.292 e. The van der Waals surface area contributed by atoms with Crippen LogP contribution in [0.5, 0.6) is 0 Å². The lowest BCUT2D eigenvalue weighted by molar-refractivity contribution is 0.0556. The number of aromatic amines is 1. The number of anilines is 1. The van der Waals surface area contributed by atoms with E-state index in [9.17, 15) is 14.4 Å². The van der Waals surface area contributed by atoms with Crippen molar-refractivity contribution in [1.29, 1.82) is 0 Å². The highest BCUT2D eigenvalue weighted by Crippen LogP contribution is 2.45. The maximum absolute atomic E-state index is 13.1. The summed E-state index contributed by atoms with van der Waals surface area (Å²) < 4.78 is 1.48. The first-order valence-electron chi connectivity index (χ1n) is 12.7. The van der Waals surface area contributed by atoms with E-state index in [2.05, 4.69) is 25.3 Å². The number of nitrogens with two attached hydrogens (primary N) is 1. The molecule has 0 unspecified atom stereocenters. The van der Waals surface area contributed by atoms with Gasteiger partial charge in [0.1, 0.15) is 17.8 Å². The number of carbonyl (C=O) groups excluding carboxylic acids is 3. The van der Waals surface area contributed by atoms with Crippen LogP contribution in [-0.2, 0) is 0 Å². The number of rotatable bonds is 6. The summed E-state index contributed by atoms with van der Waals surface area (Å²) in [4.78, 5) is 51.9. The molecule has 2 saturated heterocycles. The molecule has 6 rings (SSSR count). The van der Waals surface area contributed by atoms with Crippen LogP contribution in [-0.4, -0.2) is 69.2 Å². The molecule has 4 aromatic heterocycles. The van der Waals surface area contributed by atoms with Crippen LogP contribution in [0.3, 0.4) is 0 Å². The minimum atomic E-state index is -0.180. The number of piperidine rings is 1. The fourth-order valence-corrected chi connectivity index (χ4v) is 5.96. The van der Waals surface area contributed by atoms with Gasteiger partial charge in [0.25, 0.3) is 5.91 Å². The molecule has 0 spiro atoms. The predicted molar refractivity (Wildman–Crippen MR) is 137 cm³/mol. The highest BCUT2D eigenvalue weighted by Gasteiger charge is 2.45. The molecule has 3 atom stereocenters. The van der Waals surface area contributed by atoms with E-state index in [-0.39, 0.29) is 47.1 Å². The standard InChI is InChI=1S/C26H27N9O3/c1-3-20(37)19-7-4-14(10-28-19)18-11-31-35-23(27)21(13(2)36)22(32-25(18)35)15-8-16-5-6-17(9-15)34(16)26(38)24-29-12-30-33-24/h4,7,10-12,15-17H,3,5-6,8-9,27H2,1-2H3,(H,29,30,33)/t15-,16+,17-. The average Bonchev–Trinajstić information content (AvgIpc) is 3.66. The van der Waals surface area contributed by atoms with E-state index in [1.54, 1.807) is 25.4 Å². The number of H-pyrrole nitrogens is 1. The molecule has 2 aliphatic rings. The Bertz CT molecular complexity index is 1550. The Kier molecular flexibility index (Phi) is 5.73. The molecule has 12 heteroatoms. The Hall–Kier alpha value is -4.48. The summed E-state index contributed by atoms with van der Waals surface area (Å²) >= 11 is 0. The molecular weight excluding hydrogens is 486 g/mol. The summed E-state index contributed by atoms with van der Waals surface area (Å²) in [5, 5.41) is 12.1. The summed E-state index contributed by atoms with van der Waals surface area (Å²) in [6, 6.07) is 3.52. The van der Waals surface area contributed by atoms with Gasteiger partial charge in [-0.15, -0.1) is 10.2 Å². The number of amides is 1. The van der Waals surface area contributed by atoms with E-state index < -0.39 is 0 Å². The topological polar surface area (TPSA) is 165 Å². The molecule has 0 radical (unpaired) electrons. The van der Waals surface area contributed by atoms with Crippen LogP contribution in [0.1, 0.15) is 89.0 Å². The molecular formula is C26H27N9O3. The fraction of sp³-hybridized carbons (Fsp3) is 0.385. The van der Waals surface area contributed by atoms with Gasteiger partial charge in [-0.2, -0.15) is 9.61 Å². The summed E-state index contributed by atoms with van der Waals surface area (Å²) in [7, 11) is 0. The van der Waals surface area contributed by atoms with Crippen LogP contribution < -0.4 is 5.73 Å². The summed E-state index contributed by atoms with van der Waals surface area (Å²) in [5.41, 5.74) is 9.90. The number of fused-ring (bicyclic) bond motifs is 3. The van der Waals surface area contributed by atoms with Crippen LogP contribution in [0.2, 0.25) is 0 Å². The average molecular weight is 514 g/mol. The fourth-order valence-electron chi connectivity index (χ4n) is 5.96. The monoisotopic (exact) mass is 513 g/mol. The van der Waals surface area contributed by atoms with Gasteiger partial charge in [-0.3, -0.25) is 19.4 Å². The van der Waals surface area contributed by atoms with Gasteiger partial charge in [0.05, 0.1) is 17.5 Å². The van der Waals surface area contributed by atoms with Crippen molar-refractivity contribution in [1.82, 2.24) is 39.7 Å². The summed E-state index contributed by atoms with van der Waals surface area (Å²) in [6.45, 7) is 3.28. The number of Topliss-reactive ketones (excluding diaryl/α,β-unsaturated/α-hetero) is 2. The first-order valence-corrected chi connectivity index (χ1v) is 12.7. The number of carbonyl (C=O) groups is 3. The molecule has 6 heterocycles.